The van der Waals surface area contributed by atoms with Crippen molar-refractivity contribution in [2.24, 2.45) is 0 Å². The molecule has 6 nitrogen and oxygen atoms in total. The van der Waals surface area contributed by atoms with Crippen LogP contribution in [-0.4, -0.2) is 13.4 Å². The van der Waals surface area contributed by atoms with Crippen LogP contribution in [0.4, 0.5) is 68.2 Å². The molecule has 392 valence electrons. The van der Waals surface area contributed by atoms with E-state index in [1.165, 1.54) is 27.5 Å². The Balaban J connectivity index is 1.01. The number of anilines is 12. The van der Waals surface area contributed by atoms with E-state index in [-0.39, 0.29) is 24.3 Å². The van der Waals surface area contributed by atoms with Gasteiger partial charge in [0.2, 0.25) is 0 Å². The molecule has 8 heteroatoms. The van der Waals surface area contributed by atoms with Crippen LogP contribution < -0.4 is 61.9 Å². The summed E-state index contributed by atoms with van der Waals surface area (Å²) in [5.41, 5.74) is 22.7. The van der Waals surface area contributed by atoms with E-state index < -0.39 is 0 Å². The van der Waals surface area contributed by atoms with Gasteiger partial charge in [-0.2, -0.15) is 0 Å². The van der Waals surface area contributed by atoms with Crippen LogP contribution in [0.25, 0.3) is 0 Å². The average Bonchev–Trinajstić information content (AvgIpc) is 0.997. The second kappa shape index (κ2) is 18.4. The Kier molecular flexibility index (Phi) is 10.9. The van der Waals surface area contributed by atoms with E-state index in [9.17, 15) is 0 Å². The normalized spacial score (nSPS) is 15.0. The predicted octanol–water partition coefficient (Wildman–Crippen LogP) is 15.8. The van der Waals surface area contributed by atoms with Gasteiger partial charge in [-0.05, 0) is 171 Å². The van der Waals surface area contributed by atoms with Gasteiger partial charge in [-0.1, -0.05) is 167 Å². The van der Waals surface area contributed by atoms with Crippen LogP contribution in [0.3, 0.4) is 0 Å². The van der Waals surface area contributed by atoms with E-state index in [4.69, 9.17) is 9.47 Å². The minimum absolute atomic E-state index is 0.0247. The van der Waals surface area contributed by atoms with Crippen molar-refractivity contribution in [3.63, 3.8) is 0 Å². The number of fused-ring (bicyclic) bond motifs is 9. The molecular formula is C74H58B2N4O2. The van der Waals surface area contributed by atoms with Crippen molar-refractivity contribution >= 4 is 114 Å². The van der Waals surface area contributed by atoms with Gasteiger partial charge in [0, 0.05) is 69.0 Å². The van der Waals surface area contributed by atoms with Gasteiger partial charge in [-0.25, -0.2) is 0 Å². The zero-order valence-electron chi connectivity index (χ0n) is 46.4. The van der Waals surface area contributed by atoms with Crippen molar-refractivity contribution in [1.82, 2.24) is 0 Å². The molecule has 11 aromatic carbocycles. The second-order valence-electron chi connectivity index (χ2n) is 23.9. The summed E-state index contributed by atoms with van der Waals surface area (Å²) in [5.74, 6) is 3.50. The second-order valence-corrected chi connectivity index (χ2v) is 23.9. The molecule has 0 atom stereocenters. The minimum Gasteiger partial charge on any atom is -0.458 e. The molecule has 0 radical (unpaired) electrons. The maximum absolute atomic E-state index is 7.57. The van der Waals surface area contributed by atoms with Crippen molar-refractivity contribution < 1.29 is 9.47 Å². The van der Waals surface area contributed by atoms with Crippen molar-refractivity contribution in [2.75, 3.05) is 19.6 Å². The predicted molar refractivity (Wildman–Crippen MR) is 343 cm³/mol. The third kappa shape index (κ3) is 7.50. The van der Waals surface area contributed by atoms with Gasteiger partial charge < -0.3 is 29.1 Å². The van der Waals surface area contributed by atoms with Crippen LogP contribution in [0.15, 0.2) is 255 Å². The Labute approximate surface area is 481 Å². The van der Waals surface area contributed by atoms with Gasteiger partial charge in [-0.15, -0.1) is 0 Å². The molecular weight excluding hydrogens is 998 g/mol. The number of hydrogen-bond donors (Lipinski definition) is 0. The number of nitrogens with zero attached hydrogens (tertiary/aromatic N) is 4. The molecule has 4 heterocycles. The number of hydrogen-bond acceptors (Lipinski definition) is 6. The minimum atomic E-state index is -0.176. The smallest absolute Gasteiger partial charge is 0.256 e. The Bertz CT molecular complexity index is 4230. The van der Waals surface area contributed by atoms with E-state index in [2.05, 4.69) is 302 Å². The molecule has 0 fully saturated rings. The van der Waals surface area contributed by atoms with Gasteiger partial charge in [0.1, 0.15) is 23.0 Å². The van der Waals surface area contributed by atoms with Crippen LogP contribution in [0.5, 0.6) is 23.0 Å². The van der Waals surface area contributed by atoms with Crippen molar-refractivity contribution in [2.45, 2.75) is 51.4 Å². The van der Waals surface area contributed by atoms with Crippen LogP contribution in [0, 0.1) is 0 Å². The lowest BCUT2D eigenvalue weighted by Crippen LogP contribution is -2.64. The third-order valence-electron chi connectivity index (χ3n) is 18.1. The summed E-state index contributed by atoms with van der Waals surface area (Å²) < 4.78 is 14.8. The van der Waals surface area contributed by atoms with Crippen LogP contribution in [0.1, 0.15) is 51.7 Å². The van der Waals surface area contributed by atoms with Gasteiger partial charge in [0.25, 0.3) is 13.4 Å². The molecule has 0 bridgehead atoms. The van der Waals surface area contributed by atoms with Gasteiger partial charge in [0.15, 0.2) is 0 Å². The van der Waals surface area contributed by atoms with Crippen LogP contribution >= 0.6 is 0 Å². The highest BCUT2D eigenvalue weighted by Crippen LogP contribution is 2.52. The zero-order chi connectivity index (χ0) is 54.8. The summed E-state index contributed by atoms with van der Waals surface area (Å²) in [6.45, 7) is 9.37. The third-order valence-corrected chi connectivity index (χ3v) is 18.1. The standard InChI is InChI=1S/C74H58B2N4O2/c1-73(2)39-40-74(3,4)58-46-68-62(45-57(58)73)76-61-47-60-63(48-64(61)80(54-35-21-10-22-36-54)66-42-56(44-70(82-68)72(66)76)78(51-29-15-7-16-30-51)52-31-17-8-18-32-52)79(53-33-19-9-20-34-53)65-41-55(43-69-71(65)75(60)59-37-23-24-38-67(59)81-69)77(49-25-11-5-12-26-49)50-27-13-6-14-28-50/h5-38,41-48H,39-40H2,1-4H3. The lowest BCUT2D eigenvalue weighted by Gasteiger charge is -2.46. The molecule has 0 spiro atoms. The number of benzene rings is 11. The summed E-state index contributed by atoms with van der Waals surface area (Å²) in [6, 6.07) is 92.9. The van der Waals surface area contributed by atoms with E-state index in [1.54, 1.807) is 0 Å². The topological polar surface area (TPSA) is 31.4 Å². The Morgan fingerprint density at radius 1 is 0.317 bits per heavy atom. The maximum Gasteiger partial charge on any atom is 0.256 e. The fourth-order valence-corrected chi connectivity index (χ4v) is 14.1. The van der Waals surface area contributed by atoms with Crippen LogP contribution in [-0.2, 0) is 10.8 Å². The fourth-order valence-electron chi connectivity index (χ4n) is 14.1. The van der Waals surface area contributed by atoms with E-state index >= 15 is 0 Å². The number of ether oxygens (including phenoxy) is 2. The van der Waals surface area contributed by atoms with E-state index in [0.29, 0.717) is 0 Å². The number of rotatable bonds is 8. The number of para-hydroxylation sites is 7. The average molecular weight is 1060 g/mol. The highest BCUT2D eigenvalue weighted by atomic mass is 16.5. The molecule has 4 aliphatic heterocycles. The first kappa shape index (κ1) is 48.3. The molecule has 16 rings (SSSR count). The summed E-state index contributed by atoms with van der Waals surface area (Å²) in [7, 11) is 0. The SMILES string of the molecule is CC1(C)CCC(C)(C)c2cc3c(cc21)Oc1cc(N(c2ccccc2)c2ccccc2)cc2c1B3c1cc3c(cc1N2c1ccccc1)N(c1ccccc1)c1cc(N(c2ccccc2)c2ccccc2)cc2c1B3c1ccccc1O2. The van der Waals surface area contributed by atoms with Crippen molar-refractivity contribution in [3.05, 3.63) is 266 Å². The summed E-state index contributed by atoms with van der Waals surface area (Å²) >= 11 is 0. The highest BCUT2D eigenvalue weighted by molar-refractivity contribution is 7.02. The van der Waals surface area contributed by atoms with E-state index in [0.717, 1.165) is 120 Å². The fraction of sp³-hybridized carbons (Fsp3) is 0.108. The lowest BCUT2D eigenvalue weighted by atomic mass is 9.30. The molecule has 5 aliphatic rings. The van der Waals surface area contributed by atoms with Crippen molar-refractivity contribution in [3.8, 4) is 23.0 Å². The van der Waals surface area contributed by atoms with Gasteiger partial charge in [-0.3, -0.25) is 0 Å². The molecule has 0 amide bonds. The lowest BCUT2D eigenvalue weighted by molar-refractivity contribution is 0.330. The molecule has 11 aromatic rings. The summed E-state index contributed by atoms with van der Waals surface area (Å²) in [6.07, 6.45) is 2.22. The molecule has 82 heavy (non-hydrogen) atoms. The molecule has 0 saturated heterocycles. The quantitative estimate of drug-likeness (QED) is 0.141. The maximum atomic E-state index is 7.57. The molecule has 1 aliphatic carbocycles. The van der Waals surface area contributed by atoms with Gasteiger partial charge in [0.05, 0.1) is 11.4 Å². The first-order valence-corrected chi connectivity index (χ1v) is 28.8. The Morgan fingerprint density at radius 3 is 1.15 bits per heavy atom. The first-order chi connectivity index (χ1) is 40.2. The molecule has 0 aromatic heterocycles. The first-order valence-electron chi connectivity index (χ1n) is 28.8. The highest BCUT2D eigenvalue weighted by Gasteiger charge is 2.49. The zero-order valence-corrected chi connectivity index (χ0v) is 46.4. The monoisotopic (exact) mass is 1060 g/mol. The molecule has 0 unspecified atom stereocenters. The van der Waals surface area contributed by atoms with Gasteiger partial charge >= 0.3 is 0 Å². The molecule has 0 N–H and O–H groups in total. The largest absolute Gasteiger partial charge is 0.458 e. The summed E-state index contributed by atoms with van der Waals surface area (Å²) in [5, 5.41) is 0. The van der Waals surface area contributed by atoms with Crippen LogP contribution in [0.2, 0.25) is 0 Å². The molecule has 0 saturated carbocycles. The Hall–Kier alpha value is -9.65. The Morgan fingerprint density at radius 2 is 0.695 bits per heavy atom. The summed E-state index contributed by atoms with van der Waals surface area (Å²) in [4.78, 5) is 9.75. The van der Waals surface area contributed by atoms with E-state index in [1.807, 2.05) is 0 Å². The van der Waals surface area contributed by atoms with Crippen molar-refractivity contribution in [1.29, 1.82) is 0 Å².